The highest BCUT2D eigenvalue weighted by molar-refractivity contribution is 4.73. The molecule has 1 heterocycles. The van der Waals surface area contributed by atoms with E-state index < -0.39 is 5.67 Å². The van der Waals surface area contributed by atoms with Gasteiger partial charge in [-0.1, -0.05) is 0 Å². The van der Waals surface area contributed by atoms with Gasteiger partial charge in [0.2, 0.25) is 0 Å². The third kappa shape index (κ3) is 4.05. The molecule has 0 saturated carbocycles. The van der Waals surface area contributed by atoms with Crippen LogP contribution < -0.4 is 5.32 Å². The van der Waals surface area contributed by atoms with E-state index in [0.717, 1.165) is 31.8 Å². The van der Waals surface area contributed by atoms with Crippen LogP contribution in [0.15, 0.2) is 0 Å². The van der Waals surface area contributed by atoms with Gasteiger partial charge < -0.3 is 5.32 Å². The number of hydrogen-bond acceptors (Lipinski definition) is 1. The monoisotopic (exact) mass is 173 g/mol. The molecule has 0 bridgehead atoms. The molecule has 1 saturated heterocycles. The third-order valence-corrected chi connectivity index (χ3v) is 2.61. The van der Waals surface area contributed by atoms with Gasteiger partial charge in [-0.05, 0) is 58.5 Å². The molecule has 0 amide bonds. The lowest BCUT2D eigenvalue weighted by molar-refractivity contribution is 0.178. The minimum Gasteiger partial charge on any atom is -0.317 e. The quantitative estimate of drug-likeness (QED) is 0.691. The summed E-state index contributed by atoms with van der Waals surface area (Å²) < 4.78 is 13.1. The van der Waals surface area contributed by atoms with Crippen molar-refractivity contribution in [2.75, 3.05) is 13.1 Å². The van der Waals surface area contributed by atoms with E-state index in [1.54, 1.807) is 13.8 Å². The van der Waals surface area contributed by atoms with E-state index in [-0.39, 0.29) is 0 Å². The number of rotatable bonds is 3. The number of halogens is 1. The Morgan fingerprint density at radius 3 is 2.42 bits per heavy atom. The summed E-state index contributed by atoms with van der Waals surface area (Å²) in [5, 5.41) is 3.32. The van der Waals surface area contributed by atoms with Gasteiger partial charge in [0.25, 0.3) is 0 Å². The Kier molecular flexibility index (Phi) is 3.51. The zero-order valence-electron chi connectivity index (χ0n) is 8.20. The lowest BCUT2D eigenvalue weighted by atomic mass is 9.89. The highest BCUT2D eigenvalue weighted by Crippen LogP contribution is 2.24. The number of nitrogens with one attached hydrogen (secondary N) is 1. The molecule has 0 radical (unpaired) electrons. The predicted octanol–water partition coefficient (Wildman–Crippen LogP) is 2.51. The van der Waals surface area contributed by atoms with Crippen LogP contribution in [0, 0.1) is 5.92 Å². The molecule has 1 aliphatic heterocycles. The van der Waals surface area contributed by atoms with Crippen molar-refractivity contribution in [3.63, 3.8) is 0 Å². The average molecular weight is 173 g/mol. The van der Waals surface area contributed by atoms with Crippen molar-refractivity contribution >= 4 is 0 Å². The van der Waals surface area contributed by atoms with E-state index in [4.69, 9.17) is 0 Å². The molecule has 1 N–H and O–H groups in total. The van der Waals surface area contributed by atoms with Crippen molar-refractivity contribution in [1.29, 1.82) is 0 Å². The predicted molar refractivity (Wildman–Crippen MR) is 50.0 cm³/mol. The van der Waals surface area contributed by atoms with Gasteiger partial charge >= 0.3 is 0 Å². The Balaban J connectivity index is 2.13. The third-order valence-electron chi connectivity index (χ3n) is 2.61. The molecule has 1 aliphatic rings. The maximum atomic E-state index is 13.1. The van der Waals surface area contributed by atoms with Crippen molar-refractivity contribution in [3.05, 3.63) is 0 Å². The second-order valence-corrected chi connectivity index (χ2v) is 4.45. The van der Waals surface area contributed by atoms with Gasteiger partial charge in [-0.2, -0.15) is 0 Å². The van der Waals surface area contributed by atoms with Crippen LogP contribution in [0.4, 0.5) is 4.39 Å². The second-order valence-electron chi connectivity index (χ2n) is 4.45. The van der Waals surface area contributed by atoms with Crippen LogP contribution >= 0.6 is 0 Å². The summed E-state index contributed by atoms with van der Waals surface area (Å²) in [5.41, 5.74) is -0.967. The molecule has 2 heteroatoms. The Morgan fingerprint density at radius 2 is 1.92 bits per heavy atom. The zero-order chi connectivity index (χ0) is 9.03. The molecule has 1 rings (SSSR count). The fourth-order valence-corrected chi connectivity index (χ4v) is 1.72. The Morgan fingerprint density at radius 1 is 1.33 bits per heavy atom. The van der Waals surface area contributed by atoms with Crippen molar-refractivity contribution < 1.29 is 4.39 Å². The number of piperidine rings is 1. The molecule has 0 unspecified atom stereocenters. The molecule has 72 valence electrons. The normalized spacial score (nSPS) is 21.2. The van der Waals surface area contributed by atoms with Gasteiger partial charge in [-0.25, -0.2) is 4.39 Å². The van der Waals surface area contributed by atoms with Gasteiger partial charge in [-0.3, -0.25) is 0 Å². The molecule has 0 atom stereocenters. The van der Waals surface area contributed by atoms with Gasteiger partial charge in [0.15, 0.2) is 0 Å². The number of alkyl halides is 1. The van der Waals surface area contributed by atoms with Crippen LogP contribution in [0.25, 0.3) is 0 Å². The van der Waals surface area contributed by atoms with Crippen molar-refractivity contribution in [2.45, 2.75) is 45.2 Å². The SMILES string of the molecule is CC(C)(F)CCC1CCNCC1. The molecule has 0 aromatic rings. The second kappa shape index (κ2) is 4.22. The maximum absolute atomic E-state index is 13.1. The molecule has 1 fully saturated rings. The summed E-state index contributed by atoms with van der Waals surface area (Å²) in [6.07, 6.45) is 4.25. The molecule has 12 heavy (non-hydrogen) atoms. The first-order valence-corrected chi connectivity index (χ1v) is 4.97. The first-order chi connectivity index (χ1) is 5.58. The lowest BCUT2D eigenvalue weighted by Gasteiger charge is -2.24. The fourth-order valence-electron chi connectivity index (χ4n) is 1.72. The van der Waals surface area contributed by atoms with E-state index in [1.807, 2.05) is 0 Å². The van der Waals surface area contributed by atoms with Crippen LogP contribution in [0.3, 0.4) is 0 Å². The van der Waals surface area contributed by atoms with E-state index in [0.29, 0.717) is 0 Å². The van der Waals surface area contributed by atoms with E-state index in [9.17, 15) is 4.39 Å². The first-order valence-electron chi connectivity index (χ1n) is 4.97. The Labute approximate surface area is 74.7 Å². The van der Waals surface area contributed by atoms with E-state index >= 15 is 0 Å². The van der Waals surface area contributed by atoms with Crippen molar-refractivity contribution in [3.8, 4) is 0 Å². The molecule has 0 aromatic carbocycles. The van der Waals surface area contributed by atoms with Gasteiger partial charge in [0.1, 0.15) is 5.67 Å². The highest BCUT2D eigenvalue weighted by atomic mass is 19.1. The summed E-state index contributed by atoms with van der Waals surface area (Å²) in [6, 6.07) is 0. The molecular weight excluding hydrogens is 153 g/mol. The minimum absolute atomic E-state index is 0.720. The molecule has 0 aliphatic carbocycles. The molecular formula is C10H20FN. The average Bonchev–Trinajstić information content (AvgIpc) is 2.02. The smallest absolute Gasteiger partial charge is 0.105 e. The van der Waals surface area contributed by atoms with Crippen LogP contribution in [-0.4, -0.2) is 18.8 Å². The van der Waals surface area contributed by atoms with Crippen molar-refractivity contribution in [2.24, 2.45) is 5.92 Å². The van der Waals surface area contributed by atoms with Crippen LogP contribution in [0.2, 0.25) is 0 Å². The molecule has 1 nitrogen and oxygen atoms in total. The summed E-state index contributed by atoms with van der Waals surface area (Å²) in [6.45, 7) is 5.59. The van der Waals surface area contributed by atoms with Crippen LogP contribution in [0.5, 0.6) is 0 Å². The highest BCUT2D eigenvalue weighted by Gasteiger charge is 2.19. The maximum Gasteiger partial charge on any atom is 0.105 e. The largest absolute Gasteiger partial charge is 0.317 e. The number of hydrogen-bond donors (Lipinski definition) is 1. The minimum atomic E-state index is -0.967. The van der Waals surface area contributed by atoms with Gasteiger partial charge in [0.05, 0.1) is 0 Å². The van der Waals surface area contributed by atoms with Gasteiger partial charge in [0, 0.05) is 0 Å². The zero-order valence-corrected chi connectivity index (χ0v) is 8.20. The Hall–Kier alpha value is -0.110. The topological polar surface area (TPSA) is 12.0 Å². The molecule has 0 aromatic heterocycles. The summed E-state index contributed by atoms with van der Waals surface area (Å²) in [7, 11) is 0. The Bertz CT molecular complexity index is 122. The van der Waals surface area contributed by atoms with Crippen LogP contribution in [-0.2, 0) is 0 Å². The van der Waals surface area contributed by atoms with E-state index in [1.165, 1.54) is 12.8 Å². The van der Waals surface area contributed by atoms with Crippen LogP contribution in [0.1, 0.15) is 39.5 Å². The summed E-state index contributed by atoms with van der Waals surface area (Å²) in [5.74, 6) is 0.765. The lowest BCUT2D eigenvalue weighted by Crippen LogP contribution is -2.28. The van der Waals surface area contributed by atoms with Crippen molar-refractivity contribution in [1.82, 2.24) is 5.32 Å². The first kappa shape index (κ1) is 9.97. The summed E-state index contributed by atoms with van der Waals surface area (Å²) in [4.78, 5) is 0. The molecule has 0 spiro atoms. The fraction of sp³-hybridized carbons (Fsp3) is 1.00. The standard InChI is InChI=1S/C10H20FN/c1-10(2,11)6-3-9-4-7-12-8-5-9/h9,12H,3-8H2,1-2H3. The summed E-state index contributed by atoms with van der Waals surface area (Å²) >= 11 is 0. The van der Waals surface area contributed by atoms with E-state index in [2.05, 4.69) is 5.32 Å². The van der Waals surface area contributed by atoms with Gasteiger partial charge in [-0.15, -0.1) is 0 Å².